The van der Waals surface area contributed by atoms with E-state index in [1.54, 1.807) is 25.1 Å². The Balaban J connectivity index is 1.52. The number of esters is 2. The molecule has 0 spiro atoms. The lowest BCUT2D eigenvalue weighted by atomic mass is 9.95. The molecule has 1 aromatic heterocycles. The van der Waals surface area contributed by atoms with Crippen LogP contribution in [0.4, 0.5) is 4.79 Å². The van der Waals surface area contributed by atoms with Crippen molar-refractivity contribution in [1.29, 1.82) is 0 Å². The molecule has 176 valence electrons. The first-order valence-electron chi connectivity index (χ1n) is 10.6. The summed E-state index contributed by atoms with van der Waals surface area (Å²) in [5.74, 6) is 0.307. The minimum Gasteiger partial charge on any atom is -0.463 e. The number of hydrogen-bond donors (Lipinski definition) is 2. The van der Waals surface area contributed by atoms with Crippen molar-refractivity contribution < 1.29 is 33.3 Å². The SMILES string of the molecule is CCOC(=O)C1=C(CSc2nc(C)cc3c2C(=O)OC3)NC(=O)N[C@@H]1c1ccc2c(c1)OCO2. The van der Waals surface area contributed by atoms with Crippen LogP contribution in [0.2, 0.25) is 0 Å². The number of aryl methyl sites for hydroxylation is 1. The zero-order valence-corrected chi connectivity index (χ0v) is 19.2. The summed E-state index contributed by atoms with van der Waals surface area (Å²) in [5, 5.41) is 6.01. The van der Waals surface area contributed by atoms with E-state index >= 15 is 0 Å². The molecule has 11 heteroatoms. The van der Waals surface area contributed by atoms with E-state index in [4.69, 9.17) is 18.9 Å². The molecule has 1 aromatic carbocycles. The predicted octanol–water partition coefficient (Wildman–Crippen LogP) is 2.75. The molecule has 0 aliphatic carbocycles. The molecule has 4 heterocycles. The number of ether oxygens (including phenoxy) is 4. The maximum Gasteiger partial charge on any atom is 0.341 e. The van der Waals surface area contributed by atoms with Crippen LogP contribution in [-0.4, -0.2) is 42.1 Å². The fourth-order valence-electron chi connectivity index (χ4n) is 4.03. The highest BCUT2D eigenvalue weighted by Crippen LogP contribution is 2.38. The number of nitrogens with zero attached hydrogens (tertiary/aromatic N) is 1. The van der Waals surface area contributed by atoms with Gasteiger partial charge in [0.05, 0.1) is 23.8 Å². The average molecular weight is 484 g/mol. The molecular formula is C23H21N3O7S. The fraction of sp³-hybridized carbons (Fsp3) is 0.304. The van der Waals surface area contributed by atoms with Gasteiger partial charge < -0.3 is 29.6 Å². The Labute approximate surface area is 199 Å². The molecule has 0 fully saturated rings. The van der Waals surface area contributed by atoms with Crippen LogP contribution in [0.3, 0.4) is 0 Å². The van der Waals surface area contributed by atoms with Crippen LogP contribution in [0.25, 0.3) is 0 Å². The lowest BCUT2D eigenvalue weighted by Crippen LogP contribution is -2.46. The first-order chi connectivity index (χ1) is 16.4. The second kappa shape index (κ2) is 8.90. The van der Waals surface area contributed by atoms with E-state index in [0.29, 0.717) is 33.3 Å². The van der Waals surface area contributed by atoms with Gasteiger partial charge in [0.15, 0.2) is 11.5 Å². The highest BCUT2D eigenvalue weighted by Gasteiger charge is 2.35. The lowest BCUT2D eigenvalue weighted by molar-refractivity contribution is -0.139. The normalized spacial score (nSPS) is 18.2. The molecule has 5 rings (SSSR count). The van der Waals surface area contributed by atoms with Crippen molar-refractivity contribution in [2.75, 3.05) is 19.2 Å². The molecule has 0 bridgehead atoms. The number of fused-ring (bicyclic) bond motifs is 2. The number of pyridine rings is 1. The molecule has 34 heavy (non-hydrogen) atoms. The quantitative estimate of drug-likeness (QED) is 0.471. The summed E-state index contributed by atoms with van der Waals surface area (Å²) in [5.41, 5.74) is 3.21. The Morgan fingerprint density at radius 3 is 2.85 bits per heavy atom. The fourth-order valence-corrected chi connectivity index (χ4v) is 5.10. The van der Waals surface area contributed by atoms with E-state index in [0.717, 1.165) is 11.3 Å². The van der Waals surface area contributed by atoms with Crippen LogP contribution in [0.1, 0.15) is 40.1 Å². The minimum atomic E-state index is -0.765. The van der Waals surface area contributed by atoms with Gasteiger partial charge >= 0.3 is 18.0 Å². The van der Waals surface area contributed by atoms with Crippen molar-refractivity contribution in [3.63, 3.8) is 0 Å². The third-order valence-electron chi connectivity index (χ3n) is 5.49. The number of rotatable bonds is 6. The monoisotopic (exact) mass is 483 g/mol. The van der Waals surface area contributed by atoms with Crippen molar-refractivity contribution in [2.45, 2.75) is 31.5 Å². The summed E-state index contributed by atoms with van der Waals surface area (Å²) in [6, 6.07) is 5.81. The zero-order valence-electron chi connectivity index (χ0n) is 18.4. The van der Waals surface area contributed by atoms with Crippen LogP contribution < -0.4 is 20.1 Å². The lowest BCUT2D eigenvalue weighted by Gasteiger charge is -2.29. The van der Waals surface area contributed by atoms with E-state index < -0.39 is 24.0 Å². The van der Waals surface area contributed by atoms with Gasteiger partial charge in [-0.2, -0.15) is 0 Å². The molecule has 3 aliphatic heterocycles. The third-order valence-corrected chi connectivity index (χ3v) is 6.49. The minimum absolute atomic E-state index is 0.107. The Bertz CT molecular complexity index is 1240. The number of carbonyl (C=O) groups is 3. The first-order valence-corrected chi connectivity index (χ1v) is 11.6. The van der Waals surface area contributed by atoms with Crippen LogP contribution in [0.5, 0.6) is 11.5 Å². The molecule has 0 unspecified atom stereocenters. The summed E-state index contributed by atoms with van der Waals surface area (Å²) in [6.45, 7) is 4.02. The second-order valence-corrected chi connectivity index (χ2v) is 8.69. The van der Waals surface area contributed by atoms with Crippen molar-refractivity contribution in [1.82, 2.24) is 15.6 Å². The number of amides is 2. The van der Waals surface area contributed by atoms with E-state index in [1.807, 2.05) is 13.0 Å². The molecule has 3 aliphatic rings. The van der Waals surface area contributed by atoms with Crippen LogP contribution in [0.15, 0.2) is 40.6 Å². The molecule has 2 aromatic rings. The van der Waals surface area contributed by atoms with Gasteiger partial charge in [0, 0.05) is 22.7 Å². The van der Waals surface area contributed by atoms with Crippen molar-refractivity contribution in [3.8, 4) is 11.5 Å². The number of urea groups is 1. The van der Waals surface area contributed by atoms with E-state index in [9.17, 15) is 14.4 Å². The smallest absolute Gasteiger partial charge is 0.341 e. The Morgan fingerprint density at radius 1 is 1.21 bits per heavy atom. The number of aromatic nitrogens is 1. The second-order valence-electron chi connectivity index (χ2n) is 7.72. The first kappa shape index (κ1) is 22.1. The van der Waals surface area contributed by atoms with Crippen LogP contribution in [-0.2, 0) is 20.9 Å². The predicted molar refractivity (Wildman–Crippen MR) is 119 cm³/mol. The van der Waals surface area contributed by atoms with Crippen molar-refractivity contribution in [2.24, 2.45) is 0 Å². The standard InChI is InChI=1S/C23H21N3O7S/c1-3-30-22(28)18-14(9-34-20-17-13(6-11(2)24-20)8-31-21(17)27)25-23(29)26-19(18)12-4-5-15-16(7-12)33-10-32-15/h4-7,19H,3,8-10H2,1-2H3,(H2,25,26,29)/t19-/m1/s1. The van der Waals surface area contributed by atoms with Gasteiger partial charge in [0.1, 0.15) is 11.6 Å². The Hall–Kier alpha value is -3.73. The summed E-state index contributed by atoms with van der Waals surface area (Å²) in [4.78, 5) is 42.3. The van der Waals surface area contributed by atoms with Crippen LogP contribution in [0, 0.1) is 6.92 Å². The molecule has 0 saturated carbocycles. The molecule has 2 N–H and O–H groups in total. The number of carbonyl (C=O) groups excluding carboxylic acids is 3. The molecule has 10 nitrogen and oxygen atoms in total. The van der Waals surface area contributed by atoms with Gasteiger partial charge in [0.2, 0.25) is 6.79 Å². The van der Waals surface area contributed by atoms with E-state index in [-0.39, 0.29) is 31.3 Å². The Kier molecular flexibility index (Phi) is 5.78. The zero-order chi connectivity index (χ0) is 23.8. The molecule has 1 atom stereocenters. The van der Waals surface area contributed by atoms with Gasteiger partial charge in [-0.1, -0.05) is 17.8 Å². The molecule has 2 amide bonds. The third kappa shape index (κ3) is 4.03. The summed E-state index contributed by atoms with van der Waals surface area (Å²) in [7, 11) is 0. The Morgan fingerprint density at radius 2 is 2.03 bits per heavy atom. The average Bonchev–Trinajstić information content (AvgIpc) is 3.43. The van der Waals surface area contributed by atoms with Gasteiger partial charge in [-0.15, -0.1) is 0 Å². The van der Waals surface area contributed by atoms with Gasteiger partial charge in [-0.25, -0.2) is 19.4 Å². The number of thioether (sulfide) groups is 1. The molecule has 0 radical (unpaired) electrons. The van der Waals surface area contributed by atoms with Gasteiger partial charge in [-0.05, 0) is 37.6 Å². The number of nitrogens with one attached hydrogen (secondary N) is 2. The summed E-state index contributed by atoms with van der Waals surface area (Å²) < 4.78 is 21.3. The van der Waals surface area contributed by atoms with Gasteiger partial charge in [-0.3, -0.25) is 0 Å². The highest BCUT2D eigenvalue weighted by atomic mass is 32.2. The summed E-state index contributed by atoms with van der Waals surface area (Å²) >= 11 is 1.24. The van der Waals surface area contributed by atoms with E-state index in [2.05, 4.69) is 15.6 Å². The summed E-state index contributed by atoms with van der Waals surface area (Å²) in [6.07, 6.45) is 0. The van der Waals surface area contributed by atoms with Crippen molar-refractivity contribution >= 4 is 29.7 Å². The number of cyclic esters (lactones) is 1. The topological polar surface area (TPSA) is 125 Å². The highest BCUT2D eigenvalue weighted by molar-refractivity contribution is 7.99. The maximum absolute atomic E-state index is 13.0. The maximum atomic E-state index is 13.0. The largest absolute Gasteiger partial charge is 0.463 e. The van der Waals surface area contributed by atoms with Crippen LogP contribution >= 0.6 is 11.8 Å². The number of hydrogen-bond acceptors (Lipinski definition) is 9. The molecule has 0 saturated heterocycles. The van der Waals surface area contributed by atoms with Crippen molar-refractivity contribution in [3.05, 3.63) is 57.9 Å². The number of benzene rings is 1. The van der Waals surface area contributed by atoms with Gasteiger partial charge in [0.25, 0.3) is 0 Å². The molecular weight excluding hydrogens is 462 g/mol. The van der Waals surface area contributed by atoms with E-state index in [1.165, 1.54) is 11.8 Å².